The van der Waals surface area contributed by atoms with Gasteiger partial charge < -0.3 is 39.9 Å². The van der Waals surface area contributed by atoms with Gasteiger partial charge in [-0.2, -0.15) is 0 Å². The molecule has 1 aliphatic carbocycles. The Morgan fingerprint density at radius 3 is 1.51 bits per heavy atom. The van der Waals surface area contributed by atoms with E-state index in [1.807, 2.05) is 0 Å². The van der Waals surface area contributed by atoms with Gasteiger partial charge in [0.2, 0.25) is 0 Å². The number of allylic oxidation sites excluding steroid dienone is 8. The van der Waals surface area contributed by atoms with Gasteiger partial charge in [-0.15, -0.1) is 0 Å². The Morgan fingerprint density at radius 2 is 0.965 bits per heavy atom. The molecule has 57 heavy (non-hydrogen) atoms. The number of rotatable bonds is 34. The van der Waals surface area contributed by atoms with Crippen LogP contribution < -0.4 is 0 Å². The van der Waals surface area contributed by atoms with Gasteiger partial charge in [0, 0.05) is 12.8 Å². The van der Waals surface area contributed by atoms with Crippen LogP contribution in [0, 0.1) is 0 Å². The smallest absolute Gasteiger partial charge is 0.462 e. The second kappa shape index (κ2) is 33.6. The van der Waals surface area contributed by atoms with Crippen molar-refractivity contribution < 1.29 is 63.1 Å². The van der Waals surface area contributed by atoms with E-state index < -0.39 is 75.7 Å². The van der Waals surface area contributed by atoms with Crippen LogP contribution in [0.15, 0.2) is 48.6 Å². The fourth-order valence-corrected chi connectivity index (χ4v) is 7.07. The zero-order valence-electron chi connectivity index (χ0n) is 34.6. The number of aliphatic hydroxyl groups is 5. The largest absolute Gasteiger partial charge is 0.472 e. The van der Waals surface area contributed by atoms with E-state index in [-0.39, 0.29) is 12.8 Å². The lowest BCUT2D eigenvalue weighted by molar-refractivity contribution is -0.220. The Kier molecular flexibility index (Phi) is 31.2. The Balaban J connectivity index is 2.50. The summed E-state index contributed by atoms with van der Waals surface area (Å²) in [5.74, 6) is -1.14. The minimum Gasteiger partial charge on any atom is -0.462 e. The number of carbonyl (C=O) groups excluding carboxylic acids is 2. The first-order valence-electron chi connectivity index (χ1n) is 21.4. The summed E-state index contributed by atoms with van der Waals surface area (Å²) in [6.45, 7) is 3.18. The van der Waals surface area contributed by atoms with E-state index in [0.29, 0.717) is 12.8 Å². The van der Waals surface area contributed by atoms with Gasteiger partial charge in [0.1, 0.15) is 43.2 Å². The zero-order valence-corrected chi connectivity index (χ0v) is 35.5. The van der Waals surface area contributed by atoms with E-state index in [0.717, 1.165) is 83.5 Å². The SMILES string of the molecule is CCCC/C=C/CCCCCCCC(=O)O[C@@H](COC(=O)CCCCCC/C=C/C/C=C/C/C=C/CCCCC)COP(=O)(O)OC1C(O)C(O)C(O)[C@H](O)C1O. The number of hydrogen-bond acceptors (Lipinski definition) is 12. The monoisotopic (exact) mass is 830 g/mol. The van der Waals surface area contributed by atoms with Crippen LogP contribution in [0.25, 0.3) is 0 Å². The van der Waals surface area contributed by atoms with Crippen molar-refractivity contribution in [1.82, 2.24) is 0 Å². The van der Waals surface area contributed by atoms with E-state index in [2.05, 4.69) is 62.5 Å². The first kappa shape index (κ1) is 52.8. The van der Waals surface area contributed by atoms with Gasteiger partial charge in [0.05, 0.1) is 6.61 Å². The van der Waals surface area contributed by atoms with Crippen LogP contribution in [0.4, 0.5) is 0 Å². The van der Waals surface area contributed by atoms with E-state index >= 15 is 0 Å². The number of ether oxygens (including phenoxy) is 2. The highest BCUT2D eigenvalue weighted by Gasteiger charge is 2.51. The average Bonchev–Trinajstić information content (AvgIpc) is 3.19. The highest BCUT2D eigenvalue weighted by molar-refractivity contribution is 7.47. The molecule has 0 bridgehead atoms. The maximum atomic E-state index is 12.8. The molecule has 13 nitrogen and oxygen atoms in total. The van der Waals surface area contributed by atoms with Gasteiger partial charge in [-0.1, -0.05) is 120 Å². The number of hydrogen-bond donors (Lipinski definition) is 6. The van der Waals surface area contributed by atoms with Gasteiger partial charge in [-0.3, -0.25) is 18.6 Å². The molecule has 6 N–H and O–H groups in total. The summed E-state index contributed by atoms with van der Waals surface area (Å²) in [5.41, 5.74) is 0. The predicted octanol–water partition coefficient (Wildman–Crippen LogP) is 7.61. The summed E-state index contributed by atoms with van der Waals surface area (Å²) in [4.78, 5) is 35.5. The van der Waals surface area contributed by atoms with Crippen molar-refractivity contribution in [3.05, 3.63) is 48.6 Å². The van der Waals surface area contributed by atoms with Crippen molar-refractivity contribution in [1.29, 1.82) is 0 Å². The van der Waals surface area contributed by atoms with Gasteiger partial charge >= 0.3 is 19.8 Å². The van der Waals surface area contributed by atoms with Crippen LogP contribution >= 0.6 is 7.82 Å². The summed E-state index contributed by atoms with van der Waals surface area (Å²) in [7, 11) is -5.12. The lowest BCUT2D eigenvalue weighted by atomic mass is 9.85. The molecule has 0 aromatic carbocycles. The molecule has 0 spiro atoms. The summed E-state index contributed by atoms with van der Waals surface area (Å²) >= 11 is 0. The fraction of sp³-hybridized carbons (Fsp3) is 0.767. The zero-order chi connectivity index (χ0) is 42.2. The molecular weight excluding hydrogens is 755 g/mol. The highest BCUT2D eigenvalue weighted by atomic mass is 31.2. The number of aliphatic hydroxyl groups excluding tert-OH is 5. The summed E-state index contributed by atoms with van der Waals surface area (Å²) in [6.07, 6.45) is 24.6. The van der Waals surface area contributed by atoms with Crippen molar-refractivity contribution in [3.8, 4) is 0 Å². The van der Waals surface area contributed by atoms with Gasteiger partial charge in [-0.05, 0) is 70.6 Å². The molecule has 8 atom stereocenters. The first-order valence-corrected chi connectivity index (χ1v) is 22.9. The normalized spacial score (nSPS) is 23.2. The molecule has 330 valence electrons. The summed E-state index contributed by atoms with van der Waals surface area (Å²) in [5, 5.41) is 50.0. The molecule has 0 radical (unpaired) electrons. The first-order chi connectivity index (χ1) is 27.4. The van der Waals surface area contributed by atoms with E-state index in [4.69, 9.17) is 18.5 Å². The van der Waals surface area contributed by atoms with Gasteiger partial charge in [0.25, 0.3) is 0 Å². The van der Waals surface area contributed by atoms with Crippen LogP contribution in [-0.4, -0.2) is 98.3 Å². The van der Waals surface area contributed by atoms with Crippen LogP contribution in [0.3, 0.4) is 0 Å². The maximum Gasteiger partial charge on any atom is 0.472 e. The maximum absolute atomic E-state index is 12.8. The Labute approximate surface area is 341 Å². The average molecular weight is 831 g/mol. The molecule has 0 heterocycles. The second-order valence-corrected chi connectivity index (χ2v) is 16.2. The second-order valence-electron chi connectivity index (χ2n) is 14.8. The molecule has 14 heteroatoms. The quantitative estimate of drug-likeness (QED) is 0.0160. The van der Waals surface area contributed by atoms with Gasteiger partial charge in [-0.25, -0.2) is 4.57 Å². The third kappa shape index (κ3) is 26.5. The molecule has 1 fully saturated rings. The van der Waals surface area contributed by atoms with E-state index in [9.17, 15) is 44.6 Å². The fourth-order valence-electron chi connectivity index (χ4n) is 6.10. The number of carbonyl (C=O) groups is 2. The molecular formula is C43H75O13P. The number of phosphoric ester groups is 1. The molecule has 0 amide bonds. The molecule has 6 unspecified atom stereocenters. The highest BCUT2D eigenvalue weighted by Crippen LogP contribution is 2.47. The Morgan fingerprint density at radius 1 is 0.544 bits per heavy atom. The molecule has 1 saturated carbocycles. The minimum atomic E-state index is -5.12. The lowest BCUT2D eigenvalue weighted by Crippen LogP contribution is -2.64. The number of phosphoric acid groups is 1. The molecule has 0 aromatic heterocycles. The van der Waals surface area contributed by atoms with Crippen molar-refractivity contribution in [2.75, 3.05) is 13.2 Å². The predicted molar refractivity (Wildman–Crippen MR) is 221 cm³/mol. The number of unbranched alkanes of at least 4 members (excludes halogenated alkanes) is 14. The standard InChI is InChI=1S/C43H75O13P/c1-3-5-7-9-11-13-15-16-17-18-19-20-22-23-25-27-29-31-36(44)53-33-35(55-37(45)32-30-28-26-24-21-14-12-10-8-6-4-2)34-54-57(51,52)56-43-41(49)39(47)38(46)40(48)42(43)50/h10-13,16-17,19-20,35,38-43,46-50H,3-9,14-15,18,21-34H2,1-2H3,(H,51,52)/b12-10+,13-11+,17-16+,20-19+/t35-,38?,39-,40?,41?,42?,43?/m0/s1. The molecule has 1 aliphatic rings. The van der Waals surface area contributed by atoms with E-state index in [1.54, 1.807) is 0 Å². The van der Waals surface area contributed by atoms with Gasteiger partial charge in [0.15, 0.2) is 6.10 Å². The molecule has 1 rings (SSSR count). The van der Waals surface area contributed by atoms with Crippen LogP contribution in [0.5, 0.6) is 0 Å². The molecule has 0 aromatic rings. The van der Waals surface area contributed by atoms with Crippen molar-refractivity contribution >= 4 is 19.8 Å². The molecule has 0 aliphatic heterocycles. The van der Waals surface area contributed by atoms with Crippen molar-refractivity contribution in [3.63, 3.8) is 0 Å². The summed E-state index contributed by atoms with van der Waals surface area (Å²) in [6, 6.07) is 0. The Hall–Kier alpha value is -2.19. The topological polar surface area (TPSA) is 210 Å². The molecule has 0 saturated heterocycles. The van der Waals surface area contributed by atoms with Crippen molar-refractivity contribution in [2.45, 2.75) is 198 Å². The number of esters is 2. The van der Waals surface area contributed by atoms with E-state index in [1.165, 1.54) is 32.1 Å². The van der Waals surface area contributed by atoms with Crippen molar-refractivity contribution in [2.24, 2.45) is 0 Å². The van der Waals surface area contributed by atoms with Crippen LogP contribution in [0.1, 0.15) is 155 Å². The van der Waals surface area contributed by atoms with Crippen LogP contribution in [0.2, 0.25) is 0 Å². The third-order valence-electron chi connectivity index (χ3n) is 9.64. The Bertz CT molecular complexity index is 1190. The van der Waals surface area contributed by atoms with Crippen LogP contribution in [-0.2, 0) is 32.7 Å². The lowest BCUT2D eigenvalue weighted by Gasteiger charge is -2.41. The summed E-state index contributed by atoms with van der Waals surface area (Å²) < 4.78 is 33.4. The third-order valence-corrected chi connectivity index (χ3v) is 10.6. The minimum absolute atomic E-state index is 0.0793.